The first kappa shape index (κ1) is 21.8. The predicted molar refractivity (Wildman–Crippen MR) is 96.6 cm³/mol. The van der Waals surface area contributed by atoms with E-state index in [-0.39, 0.29) is 11.5 Å². The molecular weight excluding hydrogens is 393 g/mol. The van der Waals surface area contributed by atoms with Crippen molar-refractivity contribution in [2.75, 3.05) is 20.8 Å². The Morgan fingerprint density at radius 2 is 1.72 bits per heavy atom. The maximum atomic E-state index is 12.9. The van der Waals surface area contributed by atoms with Gasteiger partial charge in [-0.05, 0) is 35.9 Å². The molecule has 0 atom stereocenters. The number of carbonyl (C=O) groups is 2. The van der Waals surface area contributed by atoms with Crippen molar-refractivity contribution in [2.45, 2.75) is 6.18 Å². The number of ether oxygens (including phenoxy) is 4. The minimum atomic E-state index is -4.61. The van der Waals surface area contributed by atoms with Crippen molar-refractivity contribution in [1.29, 1.82) is 0 Å². The van der Waals surface area contributed by atoms with Crippen molar-refractivity contribution in [2.24, 2.45) is 0 Å². The van der Waals surface area contributed by atoms with Gasteiger partial charge in [-0.1, -0.05) is 18.2 Å². The van der Waals surface area contributed by atoms with Crippen LogP contribution in [0.5, 0.6) is 17.2 Å². The number of carbonyl (C=O) groups excluding carboxylic acids is 2. The minimum absolute atomic E-state index is 0.0421. The number of halogens is 3. The summed E-state index contributed by atoms with van der Waals surface area (Å²) >= 11 is 0. The van der Waals surface area contributed by atoms with E-state index < -0.39 is 36.0 Å². The van der Waals surface area contributed by atoms with Gasteiger partial charge in [-0.15, -0.1) is 0 Å². The summed E-state index contributed by atoms with van der Waals surface area (Å²) in [4.78, 5) is 23.1. The second-order valence-corrected chi connectivity index (χ2v) is 5.52. The normalized spacial score (nSPS) is 11.2. The zero-order valence-corrected chi connectivity index (χ0v) is 15.5. The molecule has 0 amide bonds. The fourth-order valence-electron chi connectivity index (χ4n) is 2.22. The molecule has 154 valence electrons. The van der Waals surface area contributed by atoms with Gasteiger partial charge in [-0.2, -0.15) is 13.2 Å². The van der Waals surface area contributed by atoms with E-state index in [1.807, 2.05) is 0 Å². The zero-order chi connectivity index (χ0) is 21.4. The fourth-order valence-corrected chi connectivity index (χ4v) is 2.22. The number of methoxy groups -OCH3 is 2. The summed E-state index contributed by atoms with van der Waals surface area (Å²) in [5, 5.41) is 0. The number of hydrogen-bond donors (Lipinski definition) is 0. The van der Waals surface area contributed by atoms with Crippen LogP contribution in [-0.4, -0.2) is 32.8 Å². The van der Waals surface area contributed by atoms with Gasteiger partial charge >= 0.3 is 18.1 Å². The Morgan fingerprint density at radius 3 is 2.38 bits per heavy atom. The van der Waals surface area contributed by atoms with E-state index in [1.54, 1.807) is 6.07 Å². The van der Waals surface area contributed by atoms with Gasteiger partial charge in [-0.25, -0.2) is 9.59 Å². The van der Waals surface area contributed by atoms with E-state index in [4.69, 9.17) is 14.2 Å². The highest BCUT2D eigenvalue weighted by Gasteiger charge is 2.34. The summed E-state index contributed by atoms with van der Waals surface area (Å²) in [6.45, 7) is -0.736. The van der Waals surface area contributed by atoms with Gasteiger partial charge < -0.3 is 18.9 Å². The van der Waals surface area contributed by atoms with E-state index in [0.29, 0.717) is 5.56 Å². The first-order chi connectivity index (χ1) is 13.7. The van der Waals surface area contributed by atoms with Gasteiger partial charge in [0.05, 0.1) is 19.8 Å². The van der Waals surface area contributed by atoms with Crippen LogP contribution in [0.4, 0.5) is 13.2 Å². The highest BCUT2D eigenvalue weighted by atomic mass is 19.4. The molecular formula is C20H17F3O6. The highest BCUT2D eigenvalue weighted by Crippen LogP contribution is 2.36. The minimum Gasteiger partial charge on any atom is -0.493 e. The molecule has 0 unspecified atom stereocenters. The summed E-state index contributed by atoms with van der Waals surface area (Å²) in [5.74, 6) is -1.72. The number of rotatable bonds is 7. The summed E-state index contributed by atoms with van der Waals surface area (Å²) < 4.78 is 58.5. The van der Waals surface area contributed by atoms with Gasteiger partial charge in [0.2, 0.25) is 0 Å². The molecule has 0 fully saturated rings. The third kappa shape index (κ3) is 6.27. The average molecular weight is 410 g/mol. The van der Waals surface area contributed by atoms with Crippen LogP contribution in [0.25, 0.3) is 6.08 Å². The number of para-hydroxylation sites is 1. The molecule has 2 rings (SSSR count). The maximum absolute atomic E-state index is 12.9. The number of alkyl halides is 3. The van der Waals surface area contributed by atoms with E-state index in [1.165, 1.54) is 50.6 Å². The third-order valence-corrected chi connectivity index (χ3v) is 3.56. The van der Waals surface area contributed by atoms with Crippen molar-refractivity contribution in [3.8, 4) is 17.2 Å². The summed E-state index contributed by atoms with van der Waals surface area (Å²) in [6.07, 6.45) is -1.94. The smallest absolute Gasteiger partial charge is 0.419 e. The lowest BCUT2D eigenvalue weighted by atomic mass is 10.2. The van der Waals surface area contributed by atoms with Crippen LogP contribution in [0, 0.1) is 0 Å². The van der Waals surface area contributed by atoms with Crippen molar-refractivity contribution in [3.63, 3.8) is 0 Å². The predicted octanol–water partition coefficient (Wildman–Crippen LogP) is 3.88. The Balaban J connectivity index is 2.06. The van der Waals surface area contributed by atoms with E-state index in [2.05, 4.69) is 4.74 Å². The first-order valence-corrected chi connectivity index (χ1v) is 8.18. The Labute approximate surface area is 164 Å². The third-order valence-electron chi connectivity index (χ3n) is 3.56. The Kier molecular flexibility index (Phi) is 7.24. The molecule has 0 radical (unpaired) electrons. The second kappa shape index (κ2) is 9.63. The van der Waals surface area contributed by atoms with Gasteiger partial charge in [0.1, 0.15) is 5.75 Å². The zero-order valence-electron chi connectivity index (χ0n) is 15.5. The molecule has 0 bridgehead atoms. The maximum Gasteiger partial charge on any atom is 0.419 e. The standard InChI is InChI=1S/C20H17F3O6/c1-26-17-11-13(8-10-18(24)27-2)7-9-16(17)29-19(25)12-28-15-6-4-3-5-14(15)20(21,22)23/h3-11H,12H2,1-2H3/b10-8+. The summed E-state index contributed by atoms with van der Waals surface area (Å²) in [7, 11) is 2.58. The van der Waals surface area contributed by atoms with Gasteiger partial charge in [-0.3, -0.25) is 0 Å². The van der Waals surface area contributed by atoms with E-state index in [0.717, 1.165) is 12.1 Å². The monoisotopic (exact) mass is 410 g/mol. The molecule has 9 heteroatoms. The van der Waals surface area contributed by atoms with Crippen LogP contribution in [0.15, 0.2) is 48.5 Å². The first-order valence-electron chi connectivity index (χ1n) is 8.18. The SMILES string of the molecule is COC(=O)/C=C/c1ccc(OC(=O)COc2ccccc2C(F)(F)F)c(OC)c1. The number of hydrogen-bond acceptors (Lipinski definition) is 6. The van der Waals surface area contributed by atoms with Crippen molar-refractivity contribution < 1.29 is 41.7 Å². The molecule has 2 aromatic carbocycles. The van der Waals surface area contributed by atoms with Gasteiger partial charge in [0.25, 0.3) is 0 Å². The quantitative estimate of drug-likeness (QED) is 0.392. The largest absolute Gasteiger partial charge is 0.493 e. The summed E-state index contributed by atoms with van der Waals surface area (Å²) in [5.41, 5.74) is -0.422. The molecule has 0 aliphatic rings. The molecule has 0 heterocycles. The molecule has 0 aliphatic carbocycles. The van der Waals surface area contributed by atoms with Gasteiger partial charge in [0.15, 0.2) is 18.1 Å². The lowest BCUT2D eigenvalue weighted by molar-refractivity contribution is -0.142. The molecule has 0 aromatic heterocycles. The molecule has 2 aromatic rings. The lowest BCUT2D eigenvalue weighted by Gasteiger charge is -2.14. The Morgan fingerprint density at radius 1 is 1.00 bits per heavy atom. The van der Waals surface area contributed by atoms with Gasteiger partial charge in [0, 0.05) is 6.08 Å². The van der Waals surface area contributed by atoms with Crippen LogP contribution >= 0.6 is 0 Å². The fraction of sp³-hybridized carbons (Fsp3) is 0.200. The highest BCUT2D eigenvalue weighted by molar-refractivity contribution is 5.87. The number of benzene rings is 2. The molecule has 29 heavy (non-hydrogen) atoms. The Hall–Kier alpha value is -3.49. The molecule has 0 N–H and O–H groups in total. The van der Waals surface area contributed by atoms with Crippen LogP contribution in [0.3, 0.4) is 0 Å². The van der Waals surface area contributed by atoms with Crippen molar-refractivity contribution >= 4 is 18.0 Å². The lowest BCUT2D eigenvalue weighted by Crippen LogP contribution is -2.19. The van der Waals surface area contributed by atoms with Crippen LogP contribution in [-0.2, 0) is 20.5 Å². The van der Waals surface area contributed by atoms with Crippen LogP contribution < -0.4 is 14.2 Å². The molecule has 0 aliphatic heterocycles. The second-order valence-electron chi connectivity index (χ2n) is 5.52. The van der Waals surface area contributed by atoms with Crippen molar-refractivity contribution in [1.82, 2.24) is 0 Å². The van der Waals surface area contributed by atoms with Crippen LogP contribution in [0.2, 0.25) is 0 Å². The topological polar surface area (TPSA) is 71.1 Å². The van der Waals surface area contributed by atoms with Crippen LogP contribution in [0.1, 0.15) is 11.1 Å². The molecule has 0 saturated heterocycles. The Bertz CT molecular complexity index is 905. The summed E-state index contributed by atoms with van der Waals surface area (Å²) in [6, 6.07) is 9.00. The number of esters is 2. The van der Waals surface area contributed by atoms with E-state index in [9.17, 15) is 22.8 Å². The molecule has 6 nitrogen and oxygen atoms in total. The average Bonchev–Trinajstić information content (AvgIpc) is 2.70. The molecule has 0 spiro atoms. The molecule has 0 saturated carbocycles. The van der Waals surface area contributed by atoms with Crippen molar-refractivity contribution in [3.05, 3.63) is 59.7 Å². The van der Waals surface area contributed by atoms with E-state index >= 15 is 0 Å².